The van der Waals surface area contributed by atoms with Gasteiger partial charge in [-0.05, 0) is 25.5 Å². The molecule has 8 nitrogen and oxygen atoms in total. The van der Waals surface area contributed by atoms with Crippen molar-refractivity contribution in [2.75, 3.05) is 6.54 Å². The van der Waals surface area contributed by atoms with Crippen LogP contribution in [0.25, 0.3) is 16.9 Å². The lowest BCUT2D eigenvalue weighted by Crippen LogP contribution is -2.27. The van der Waals surface area contributed by atoms with Crippen LogP contribution in [0.2, 0.25) is 0 Å². The van der Waals surface area contributed by atoms with Gasteiger partial charge in [0.05, 0.1) is 0 Å². The van der Waals surface area contributed by atoms with E-state index < -0.39 is 0 Å². The Labute approximate surface area is 160 Å². The first-order valence-electron chi connectivity index (χ1n) is 8.98. The third-order valence-electron chi connectivity index (χ3n) is 4.40. The Morgan fingerprint density at radius 3 is 2.79 bits per heavy atom. The number of aromatic nitrogens is 4. The van der Waals surface area contributed by atoms with E-state index in [1.807, 2.05) is 37.3 Å². The highest BCUT2D eigenvalue weighted by molar-refractivity contribution is 5.92. The van der Waals surface area contributed by atoms with E-state index in [1.165, 1.54) is 9.08 Å². The van der Waals surface area contributed by atoms with E-state index in [9.17, 15) is 9.59 Å². The molecule has 0 saturated heterocycles. The highest BCUT2D eigenvalue weighted by Crippen LogP contribution is 2.19. The predicted octanol–water partition coefficient (Wildman–Crippen LogP) is 2.28. The van der Waals surface area contributed by atoms with Crippen molar-refractivity contribution < 1.29 is 9.32 Å². The van der Waals surface area contributed by atoms with Crippen LogP contribution in [0.15, 0.2) is 64.0 Å². The van der Waals surface area contributed by atoms with Gasteiger partial charge < -0.3 is 9.84 Å². The summed E-state index contributed by atoms with van der Waals surface area (Å²) in [5.41, 5.74) is 3.05. The Kier molecular flexibility index (Phi) is 4.76. The summed E-state index contributed by atoms with van der Waals surface area (Å²) in [5, 5.41) is 11.0. The van der Waals surface area contributed by atoms with Gasteiger partial charge in [0.2, 0.25) is 5.76 Å². The predicted molar refractivity (Wildman–Crippen MR) is 103 cm³/mol. The van der Waals surface area contributed by atoms with Gasteiger partial charge >= 0.3 is 5.69 Å². The van der Waals surface area contributed by atoms with Crippen molar-refractivity contribution in [3.8, 4) is 11.3 Å². The van der Waals surface area contributed by atoms with E-state index >= 15 is 0 Å². The molecule has 3 aromatic heterocycles. The van der Waals surface area contributed by atoms with Crippen LogP contribution >= 0.6 is 0 Å². The molecule has 0 aliphatic heterocycles. The van der Waals surface area contributed by atoms with Gasteiger partial charge in [0.1, 0.15) is 5.69 Å². The molecule has 0 saturated carbocycles. The number of nitrogens with zero attached hydrogens (tertiary/aromatic N) is 4. The van der Waals surface area contributed by atoms with Crippen molar-refractivity contribution in [2.45, 2.75) is 19.9 Å². The molecule has 4 aromatic rings. The van der Waals surface area contributed by atoms with Crippen molar-refractivity contribution in [2.24, 2.45) is 0 Å². The Balaban J connectivity index is 1.33. The normalized spacial score (nSPS) is 11.0. The minimum Gasteiger partial charge on any atom is -0.350 e. The summed E-state index contributed by atoms with van der Waals surface area (Å²) < 4.78 is 8.03. The summed E-state index contributed by atoms with van der Waals surface area (Å²) in [6.07, 6.45) is 2.24. The van der Waals surface area contributed by atoms with Crippen molar-refractivity contribution >= 4 is 11.6 Å². The Morgan fingerprint density at radius 1 is 1.18 bits per heavy atom. The Bertz CT molecular complexity index is 1170. The van der Waals surface area contributed by atoms with Gasteiger partial charge in [-0.15, -0.1) is 5.10 Å². The maximum absolute atomic E-state index is 12.2. The highest BCUT2D eigenvalue weighted by Gasteiger charge is 2.14. The number of rotatable bonds is 6. The zero-order chi connectivity index (χ0) is 19.5. The number of hydrogen-bond acceptors (Lipinski definition) is 5. The van der Waals surface area contributed by atoms with E-state index in [2.05, 4.69) is 15.6 Å². The number of benzene rings is 1. The first-order chi connectivity index (χ1) is 13.6. The first-order valence-corrected chi connectivity index (χ1v) is 8.98. The molecule has 1 amide bonds. The van der Waals surface area contributed by atoms with E-state index in [0.717, 1.165) is 11.1 Å². The highest BCUT2D eigenvalue weighted by atomic mass is 16.5. The van der Waals surface area contributed by atoms with Gasteiger partial charge in [0.25, 0.3) is 5.91 Å². The summed E-state index contributed by atoms with van der Waals surface area (Å²) in [5.74, 6) is -0.186. The lowest BCUT2D eigenvalue weighted by Gasteiger charge is -2.02. The number of nitrogens with one attached hydrogen (secondary N) is 1. The molecule has 8 heteroatoms. The smallest absolute Gasteiger partial charge is 0.350 e. The average Bonchev–Trinajstić information content (AvgIpc) is 3.32. The van der Waals surface area contributed by atoms with Crippen molar-refractivity contribution in [1.29, 1.82) is 0 Å². The second kappa shape index (κ2) is 7.51. The zero-order valence-electron chi connectivity index (χ0n) is 15.3. The molecule has 0 bridgehead atoms. The van der Waals surface area contributed by atoms with E-state index in [0.29, 0.717) is 30.9 Å². The third kappa shape index (κ3) is 3.57. The van der Waals surface area contributed by atoms with Gasteiger partial charge in [0, 0.05) is 30.9 Å². The van der Waals surface area contributed by atoms with Crippen LogP contribution < -0.4 is 11.0 Å². The maximum Gasteiger partial charge on any atom is 0.350 e. The van der Waals surface area contributed by atoms with E-state index in [1.54, 1.807) is 24.4 Å². The molecular weight excluding hydrogens is 358 g/mol. The molecule has 0 atom stereocenters. The van der Waals surface area contributed by atoms with Crippen LogP contribution in [0.1, 0.15) is 22.5 Å². The number of pyridine rings is 1. The van der Waals surface area contributed by atoms with Crippen LogP contribution in [0.5, 0.6) is 0 Å². The van der Waals surface area contributed by atoms with Gasteiger partial charge in [-0.1, -0.05) is 41.1 Å². The zero-order valence-corrected chi connectivity index (χ0v) is 15.3. The quantitative estimate of drug-likeness (QED) is 0.520. The third-order valence-corrected chi connectivity index (χ3v) is 4.40. The number of carbonyl (C=O) groups excluding carboxylic acids is 1. The molecular formula is C20H19N5O3. The molecule has 142 valence electrons. The molecule has 1 aromatic carbocycles. The van der Waals surface area contributed by atoms with Gasteiger partial charge in [-0.2, -0.15) is 0 Å². The monoisotopic (exact) mass is 377 g/mol. The largest absolute Gasteiger partial charge is 0.350 e. The number of fused-ring (bicyclic) bond motifs is 1. The number of amides is 1. The van der Waals surface area contributed by atoms with E-state index in [-0.39, 0.29) is 17.4 Å². The van der Waals surface area contributed by atoms with Gasteiger partial charge in [-0.25, -0.2) is 9.48 Å². The molecule has 0 unspecified atom stereocenters. The summed E-state index contributed by atoms with van der Waals surface area (Å²) in [7, 11) is 0. The first kappa shape index (κ1) is 17.7. The van der Waals surface area contributed by atoms with Crippen molar-refractivity contribution in [3.05, 3.63) is 76.5 Å². The van der Waals surface area contributed by atoms with Crippen molar-refractivity contribution in [1.82, 2.24) is 24.7 Å². The molecule has 0 radical (unpaired) electrons. The topological polar surface area (TPSA) is 94.4 Å². The minimum atomic E-state index is -0.340. The van der Waals surface area contributed by atoms with Crippen LogP contribution in [-0.4, -0.2) is 31.8 Å². The van der Waals surface area contributed by atoms with E-state index in [4.69, 9.17) is 4.52 Å². The number of carbonyl (C=O) groups is 1. The summed E-state index contributed by atoms with van der Waals surface area (Å²) in [6, 6.07) is 14.8. The van der Waals surface area contributed by atoms with Gasteiger partial charge in [-0.3, -0.25) is 9.20 Å². The lowest BCUT2D eigenvalue weighted by atomic mass is 10.1. The molecule has 28 heavy (non-hydrogen) atoms. The summed E-state index contributed by atoms with van der Waals surface area (Å²) >= 11 is 0. The average molecular weight is 377 g/mol. The summed E-state index contributed by atoms with van der Waals surface area (Å²) in [6.45, 7) is 2.80. The molecule has 1 N–H and O–H groups in total. The van der Waals surface area contributed by atoms with Crippen LogP contribution in [0.4, 0.5) is 0 Å². The molecule has 3 heterocycles. The second-order valence-electron chi connectivity index (χ2n) is 6.49. The molecule has 0 spiro atoms. The molecule has 0 fully saturated rings. The summed E-state index contributed by atoms with van der Waals surface area (Å²) in [4.78, 5) is 24.4. The van der Waals surface area contributed by atoms with Crippen LogP contribution in [0.3, 0.4) is 0 Å². The van der Waals surface area contributed by atoms with Gasteiger partial charge in [0.15, 0.2) is 5.65 Å². The Morgan fingerprint density at radius 2 is 2.00 bits per heavy atom. The minimum absolute atomic E-state index is 0.153. The Hall–Kier alpha value is -3.68. The lowest BCUT2D eigenvalue weighted by molar-refractivity contribution is 0.0916. The number of hydrogen-bond donors (Lipinski definition) is 1. The fraction of sp³-hybridized carbons (Fsp3) is 0.200. The van der Waals surface area contributed by atoms with Crippen LogP contribution in [0, 0.1) is 6.92 Å². The molecule has 4 rings (SSSR count). The molecule has 0 aliphatic rings. The van der Waals surface area contributed by atoms with Crippen LogP contribution in [-0.2, 0) is 6.54 Å². The maximum atomic E-state index is 12.2. The molecule has 0 aliphatic carbocycles. The fourth-order valence-corrected chi connectivity index (χ4v) is 2.87. The standard InChI is InChI=1S/C20H19N5O3/c1-14-6-8-15(9-7-14)16-13-17(28-23-16)19(26)21-10-4-12-25-20(27)24-11-3-2-5-18(24)22-25/h2-3,5-9,11,13H,4,10,12H2,1H3,(H,21,26). The number of aryl methyl sites for hydroxylation is 2. The SMILES string of the molecule is Cc1ccc(-c2cc(C(=O)NCCCn3nc4ccccn4c3=O)on2)cc1. The fourth-order valence-electron chi connectivity index (χ4n) is 2.87. The second-order valence-corrected chi connectivity index (χ2v) is 6.49. The van der Waals surface area contributed by atoms with Crippen molar-refractivity contribution in [3.63, 3.8) is 0 Å².